The Bertz CT molecular complexity index is 327. The lowest BCUT2D eigenvalue weighted by molar-refractivity contribution is 0.0439. The molecule has 1 aliphatic rings. The quantitative estimate of drug-likeness (QED) is 0.879. The SMILES string of the molecule is Cc1ncc(CNN2C(C)CCCC2C)s1. The molecule has 0 bridgehead atoms. The smallest absolute Gasteiger partial charge is 0.0897 e. The van der Waals surface area contributed by atoms with Gasteiger partial charge in [0.25, 0.3) is 0 Å². The predicted octanol–water partition coefficient (Wildman–Crippen LogP) is 2.72. The monoisotopic (exact) mass is 239 g/mol. The first kappa shape index (κ1) is 12.0. The van der Waals surface area contributed by atoms with Gasteiger partial charge in [-0.15, -0.1) is 11.3 Å². The van der Waals surface area contributed by atoms with Crippen LogP contribution in [0.3, 0.4) is 0 Å². The van der Waals surface area contributed by atoms with Crippen molar-refractivity contribution in [2.75, 3.05) is 0 Å². The van der Waals surface area contributed by atoms with Gasteiger partial charge in [0.2, 0.25) is 0 Å². The third kappa shape index (κ3) is 2.81. The van der Waals surface area contributed by atoms with Gasteiger partial charge >= 0.3 is 0 Å². The van der Waals surface area contributed by atoms with Crippen molar-refractivity contribution in [3.05, 3.63) is 16.1 Å². The van der Waals surface area contributed by atoms with Crippen LogP contribution in [0.15, 0.2) is 6.20 Å². The number of thiazole rings is 1. The molecule has 2 heterocycles. The molecule has 0 aliphatic carbocycles. The van der Waals surface area contributed by atoms with E-state index < -0.39 is 0 Å². The van der Waals surface area contributed by atoms with Gasteiger partial charge in [0.1, 0.15) is 0 Å². The molecular weight excluding hydrogens is 218 g/mol. The Hall–Kier alpha value is -0.450. The second-order valence-electron chi connectivity index (χ2n) is 4.72. The summed E-state index contributed by atoms with van der Waals surface area (Å²) in [5, 5.41) is 3.56. The molecule has 0 saturated carbocycles. The van der Waals surface area contributed by atoms with Gasteiger partial charge in [-0.2, -0.15) is 0 Å². The summed E-state index contributed by atoms with van der Waals surface area (Å²) in [5.74, 6) is 0. The molecule has 0 aromatic carbocycles. The summed E-state index contributed by atoms with van der Waals surface area (Å²) >= 11 is 1.78. The van der Waals surface area contributed by atoms with Crippen LogP contribution in [-0.4, -0.2) is 22.1 Å². The topological polar surface area (TPSA) is 28.2 Å². The molecule has 0 amide bonds. The minimum atomic E-state index is 0.651. The molecule has 1 N–H and O–H groups in total. The van der Waals surface area contributed by atoms with Gasteiger partial charge in [-0.25, -0.2) is 15.4 Å². The molecule has 1 fully saturated rings. The average Bonchev–Trinajstić information content (AvgIpc) is 2.63. The van der Waals surface area contributed by atoms with Crippen LogP contribution in [-0.2, 0) is 6.54 Å². The number of piperidine rings is 1. The maximum atomic E-state index is 4.28. The van der Waals surface area contributed by atoms with Crippen molar-refractivity contribution in [2.24, 2.45) is 0 Å². The van der Waals surface area contributed by atoms with Gasteiger partial charge in [0, 0.05) is 29.7 Å². The molecule has 2 atom stereocenters. The highest BCUT2D eigenvalue weighted by atomic mass is 32.1. The van der Waals surface area contributed by atoms with Crippen molar-refractivity contribution < 1.29 is 0 Å². The standard InChI is InChI=1S/C12H21N3S/c1-9-5-4-6-10(2)15(9)14-8-12-7-13-11(3)16-12/h7,9-10,14H,4-6,8H2,1-3H3. The summed E-state index contributed by atoms with van der Waals surface area (Å²) < 4.78 is 0. The second-order valence-corrected chi connectivity index (χ2v) is 6.04. The molecule has 2 unspecified atom stereocenters. The highest BCUT2D eigenvalue weighted by molar-refractivity contribution is 7.11. The fourth-order valence-electron chi connectivity index (χ4n) is 2.39. The normalized spacial score (nSPS) is 27.2. The van der Waals surface area contributed by atoms with E-state index in [2.05, 4.69) is 36.2 Å². The van der Waals surface area contributed by atoms with Crippen LogP contribution in [0.5, 0.6) is 0 Å². The molecule has 1 aromatic rings. The van der Waals surface area contributed by atoms with E-state index in [1.165, 1.54) is 24.1 Å². The summed E-state index contributed by atoms with van der Waals surface area (Å²) in [6.45, 7) is 7.58. The van der Waals surface area contributed by atoms with Crippen LogP contribution in [0.2, 0.25) is 0 Å². The molecule has 1 aliphatic heterocycles. The Balaban J connectivity index is 1.88. The van der Waals surface area contributed by atoms with Gasteiger partial charge in [-0.05, 0) is 33.6 Å². The van der Waals surface area contributed by atoms with Crippen molar-refractivity contribution in [1.29, 1.82) is 0 Å². The Morgan fingerprint density at radius 1 is 1.44 bits per heavy atom. The number of nitrogens with zero attached hydrogens (tertiary/aromatic N) is 2. The number of hydrazine groups is 1. The molecule has 3 nitrogen and oxygen atoms in total. The molecule has 4 heteroatoms. The Morgan fingerprint density at radius 2 is 2.12 bits per heavy atom. The zero-order valence-corrected chi connectivity index (χ0v) is 11.2. The van der Waals surface area contributed by atoms with Crippen molar-refractivity contribution >= 4 is 11.3 Å². The lowest BCUT2D eigenvalue weighted by Gasteiger charge is -2.39. The van der Waals surface area contributed by atoms with Crippen molar-refractivity contribution in [3.8, 4) is 0 Å². The first-order valence-corrected chi connectivity index (χ1v) is 6.91. The minimum absolute atomic E-state index is 0.651. The molecule has 0 spiro atoms. The minimum Gasteiger partial charge on any atom is -0.250 e. The lowest BCUT2D eigenvalue weighted by Crippen LogP contribution is -2.51. The first-order valence-electron chi connectivity index (χ1n) is 6.10. The predicted molar refractivity (Wildman–Crippen MR) is 68.3 cm³/mol. The molecule has 1 aromatic heterocycles. The second kappa shape index (κ2) is 5.25. The number of nitrogens with one attached hydrogen (secondary N) is 1. The fourth-order valence-corrected chi connectivity index (χ4v) is 3.12. The molecular formula is C12H21N3S. The number of hydrogen-bond donors (Lipinski definition) is 1. The number of aryl methyl sites for hydroxylation is 1. The summed E-state index contributed by atoms with van der Waals surface area (Å²) in [7, 11) is 0. The Kier molecular flexibility index (Phi) is 3.95. The van der Waals surface area contributed by atoms with Gasteiger partial charge in [0.05, 0.1) is 5.01 Å². The first-order chi connectivity index (χ1) is 7.66. The van der Waals surface area contributed by atoms with Crippen LogP contribution in [0.1, 0.15) is 43.0 Å². The van der Waals surface area contributed by atoms with Gasteiger partial charge < -0.3 is 0 Å². The molecule has 1 saturated heterocycles. The maximum absolute atomic E-state index is 4.28. The van der Waals surface area contributed by atoms with Crippen LogP contribution in [0.25, 0.3) is 0 Å². The van der Waals surface area contributed by atoms with Gasteiger partial charge in [-0.3, -0.25) is 0 Å². The van der Waals surface area contributed by atoms with Crippen molar-refractivity contribution in [2.45, 2.75) is 58.7 Å². The third-order valence-electron chi connectivity index (χ3n) is 3.30. The molecule has 0 radical (unpaired) electrons. The molecule has 2 rings (SSSR count). The van der Waals surface area contributed by atoms with Crippen LogP contribution in [0.4, 0.5) is 0 Å². The zero-order valence-electron chi connectivity index (χ0n) is 10.4. The van der Waals surface area contributed by atoms with Crippen LogP contribution in [0, 0.1) is 6.92 Å². The highest BCUT2D eigenvalue weighted by Crippen LogP contribution is 2.21. The maximum Gasteiger partial charge on any atom is 0.0897 e. The highest BCUT2D eigenvalue weighted by Gasteiger charge is 2.24. The Labute approximate surface area is 102 Å². The summed E-state index contributed by atoms with van der Waals surface area (Å²) in [6.07, 6.45) is 5.95. The van der Waals surface area contributed by atoms with Crippen molar-refractivity contribution in [1.82, 2.24) is 15.4 Å². The van der Waals surface area contributed by atoms with E-state index in [-0.39, 0.29) is 0 Å². The third-order valence-corrected chi connectivity index (χ3v) is 4.21. The Morgan fingerprint density at radius 3 is 2.69 bits per heavy atom. The summed E-state index contributed by atoms with van der Waals surface area (Å²) in [5.41, 5.74) is 3.55. The molecule has 16 heavy (non-hydrogen) atoms. The van der Waals surface area contributed by atoms with Crippen molar-refractivity contribution in [3.63, 3.8) is 0 Å². The molecule has 90 valence electrons. The van der Waals surface area contributed by atoms with Crippen LogP contribution < -0.4 is 5.43 Å². The van der Waals surface area contributed by atoms with Gasteiger partial charge in [0.15, 0.2) is 0 Å². The largest absolute Gasteiger partial charge is 0.250 e. The number of hydrogen-bond acceptors (Lipinski definition) is 4. The zero-order chi connectivity index (χ0) is 11.5. The van der Waals surface area contributed by atoms with E-state index in [9.17, 15) is 0 Å². The number of rotatable bonds is 3. The van der Waals surface area contributed by atoms with E-state index >= 15 is 0 Å². The lowest BCUT2D eigenvalue weighted by atomic mass is 10.00. The summed E-state index contributed by atoms with van der Waals surface area (Å²) in [4.78, 5) is 5.60. The van der Waals surface area contributed by atoms with E-state index in [0.29, 0.717) is 12.1 Å². The number of aromatic nitrogens is 1. The average molecular weight is 239 g/mol. The van der Waals surface area contributed by atoms with E-state index in [1.807, 2.05) is 6.20 Å². The van der Waals surface area contributed by atoms with Crippen LogP contribution >= 0.6 is 11.3 Å². The van der Waals surface area contributed by atoms with E-state index in [4.69, 9.17) is 0 Å². The van der Waals surface area contributed by atoms with E-state index in [0.717, 1.165) is 11.6 Å². The fraction of sp³-hybridized carbons (Fsp3) is 0.750. The summed E-state index contributed by atoms with van der Waals surface area (Å²) in [6, 6.07) is 1.30. The van der Waals surface area contributed by atoms with Gasteiger partial charge in [-0.1, -0.05) is 6.42 Å². The van der Waals surface area contributed by atoms with E-state index in [1.54, 1.807) is 11.3 Å².